The summed E-state index contributed by atoms with van der Waals surface area (Å²) in [6, 6.07) is 10.0. The molecule has 0 unspecified atom stereocenters. The topological polar surface area (TPSA) is 56.5 Å². The van der Waals surface area contributed by atoms with Gasteiger partial charge in [0, 0.05) is 18.9 Å². The summed E-state index contributed by atoms with van der Waals surface area (Å²) < 4.78 is 0. The van der Waals surface area contributed by atoms with Crippen LogP contribution in [0.5, 0.6) is 0 Å². The van der Waals surface area contributed by atoms with E-state index in [0.717, 1.165) is 23.5 Å². The number of anilines is 1. The molecule has 3 rings (SSSR count). The van der Waals surface area contributed by atoms with E-state index in [-0.39, 0.29) is 0 Å². The average molecular weight is 212 g/mol. The number of para-hydroxylation sites is 2. The molecule has 2 aromatic heterocycles. The fourth-order valence-corrected chi connectivity index (χ4v) is 1.69. The van der Waals surface area contributed by atoms with Crippen LogP contribution in [-0.4, -0.2) is 15.0 Å². The lowest BCUT2D eigenvalue weighted by Crippen LogP contribution is -1.99. The molecule has 0 aliphatic carbocycles. The van der Waals surface area contributed by atoms with Crippen LogP contribution in [0.4, 0.5) is 5.95 Å². The Balaban J connectivity index is 1.79. The van der Waals surface area contributed by atoms with Crippen molar-refractivity contribution in [2.75, 3.05) is 5.32 Å². The van der Waals surface area contributed by atoms with Crippen molar-refractivity contribution >= 4 is 17.0 Å². The number of rotatable bonds is 3. The van der Waals surface area contributed by atoms with E-state index in [0.29, 0.717) is 0 Å². The first-order chi connectivity index (χ1) is 7.92. The van der Waals surface area contributed by atoms with Crippen LogP contribution in [0.1, 0.15) is 5.56 Å². The van der Waals surface area contributed by atoms with E-state index in [1.807, 2.05) is 42.7 Å². The number of H-pyrrole nitrogens is 2. The van der Waals surface area contributed by atoms with E-state index in [2.05, 4.69) is 20.3 Å². The first kappa shape index (κ1) is 9.03. The van der Waals surface area contributed by atoms with Gasteiger partial charge in [0.1, 0.15) is 0 Å². The highest BCUT2D eigenvalue weighted by Crippen LogP contribution is 2.13. The molecule has 16 heavy (non-hydrogen) atoms. The van der Waals surface area contributed by atoms with Gasteiger partial charge < -0.3 is 15.3 Å². The lowest BCUT2D eigenvalue weighted by Gasteiger charge is -1.98. The van der Waals surface area contributed by atoms with Crippen LogP contribution in [-0.2, 0) is 6.54 Å². The predicted octanol–water partition coefficient (Wildman–Crippen LogP) is 2.50. The van der Waals surface area contributed by atoms with Gasteiger partial charge in [0.05, 0.1) is 11.0 Å². The minimum absolute atomic E-state index is 0.767. The van der Waals surface area contributed by atoms with Crippen LogP contribution in [0.3, 0.4) is 0 Å². The molecule has 80 valence electrons. The quantitative estimate of drug-likeness (QED) is 0.624. The molecule has 0 amide bonds. The summed E-state index contributed by atoms with van der Waals surface area (Å²) >= 11 is 0. The fraction of sp³-hybridized carbons (Fsp3) is 0.0833. The number of fused-ring (bicyclic) bond motifs is 1. The molecular formula is C12H12N4. The van der Waals surface area contributed by atoms with Gasteiger partial charge in [0.25, 0.3) is 0 Å². The molecule has 0 aliphatic heterocycles. The third-order valence-corrected chi connectivity index (χ3v) is 2.51. The standard InChI is InChI=1S/C12H12N4/c1-2-4-11-10(3-1)15-12(16-11)14-8-9-5-6-13-7-9/h1-7,13H,8H2,(H2,14,15,16). The number of benzene rings is 1. The average Bonchev–Trinajstić information content (AvgIpc) is 2.95. The Labute approximate surface area is 92.7 Å². The number of aromatic nitrogens is 3. The molecular weight excluding hydrogens is 200 g/mol. The Morgan fingerprint density at radius 2 is 2.12 bits per heavy atom. The largest absolute Gasteiger partial charge is 0.367 e. The zero-order valence-electron chi connectivity index (χ0n) is 8.70. The van der Waals surface area contributed by atoms with Crippen molar-refractivity contribution < 1.29 is 0 Å². The van der Waals surface area contributed by atoms with Crippen molar-refractivity contribution in [2.45, 2.75) is 6.54 Å². The normalized spacial score (nSPS) is 10.8. The van der Waals surface area contributed by atoms with Crippen LogP contribution in [0.15, 0.2) is 42.7 Å². The molecule has 4 nitrogen and oxygen atoms in total. The second-order valence-electron chi connectivity index (χ2n) is 3.68. The van der Waals surface area contributed by atoms with E-state index in [4.69, 9.17) is 0 Å². The van der Waals surface area contributed by atoms with Gasteiger partial charge in [-0.25, -0.2) is 4.98 Å². The van der Waals surface area contributed by atoms with Gasteiger partial charge in [-0.2, -0.15) is 0 Å². The Hall–Kier alpha value is -2.23. The second-order valence-corrected chi connectivity index (χ2v) is 3.68. The molecule has 0 saturated heterocycles. The van der Waals surface area contributed by atoms with Gasteiger partial charge in [-0.3, -0.25) is 0 Å². The molecule has 1 aromatic carbocycles. The first-order valence-electron chi connectivity index (χ1n) is 5.22. The summed E-state index contributed by atoms with van der Waals surface area (Å²) in [7, 11) is 0. The third kappa shape index (κ3) is 1.65. The number of nitrogens with one attached hydrogen (secondary N) is 3. The van der Waals surface area contributed by atoms with Crippen molar-refractivity contribution in [1.82, 2.24) is 15.0 Å². The van der Waals surface area contributed by atoms with Crippen molar-refractivity contribution in [3.05, 3.63) is 48.3 Å². The van der Waals surface area contributed by atoms with E-state index < -0.39 is 0 Å². The summed E-state index contributed by atoms with van der Waals surface area (Å²) in [4.78, 5) is 10.7. The predicted molar refractivity (Wildman–Crippen MR) is 64.2 cm³/mol. The number of imidazole rings is 1. The lowest BCUT2D eigenvalue weighted by atomic mass is 10.3. The zero-order chi connectivity index (χ0) is 10.8. The summed E-state index contributed by atoms with van der Waals surface area (Å²) in [5.74, 6) is 0.808. The second kappa shape index (κ2) is 3.73. The summed E-state index contributed by atoms with van der Waals surface area (Å²) in [5, 5.41) is 3.25. The van der Waals surface area contributed by atoms with E-state index >= 15 is 0 Å². The van der Waals surface area contributed by atoms with Gasteiger partial charge in [0.2, 0.25) is 5.95 Å². The molecule has 0 spiro atoms. The molecule has 3 N–H and O–H groups in total. The van der Waals surface area contributed by atoms with Gasteiger partial charge in [-0.15, -0.1) is 0 Å². The SMILES string of the molecule is c1ccc2[nH]c(NCc3cc[nH]c3)nc2c1. The van der Waals surface area contributed by atoms with Gasteiger partial charge in [-0.1, -0.05) is 12.1 Å². The third-order valence-electron chi connectivity index (χ3n) is 2.51. The molecule has 0 bridgehead atoms. The maximum atomic E-state index is 4.44. The minimum Gasteiger partial charge on any atom is -0.367 e. The summed E-state index contributed by atoms with van der Waals surface area (Å²) in [6.07, 6.45) is 3.88. The number of nitrogens with zero attached hydrogens (tertiary/aromatic N) is 1. The summed E-state index contributed by atoms with van der Waals surface area (Å²) in [6.45, 7) is 0.767. The fourth-order valence-electron chi connectivity index (χ4n) is 1.69. The van der Waals surface area contributed by atoms with Crippen LogP contribution in [0.2, 0.25) is 0 Å². The Kier molecular flexibility index (Phi) is 2.11. The van der Waals surface area contributed by atoms with Crippen LogP contribution in [0, 0.1) is 0 Å². The van der Waals surface area contributed by atoms with Crippen LogP contribution in [0.25, 0.3) is 11.0 Å². The molecule has 2 heterocycles. The highest BCUT2D eigenvalue weighted by atomic mass is 15.1. The molecule has 0 atom stereocenters. The number of hydrogen-bond donors (Lipinski definition) is 3. The monoisotopic (exact) mass is 212 g/mol. The van der Waals surface area contributed by atoms with E-state index in [1.165, 1.54) is 5.56 Å². The maximum Gasteiger partial charge on any atom is 0.201 e. The van der Waals surface area contributed by atoms with E-state index in [1.54, 1.807) is 0 Å². The van der Waals surface area contributed by atoms with Crippen LogP contribution >= 0.6 is 0 Å². The molecule has 3 aromatic rings. The molecule has 0 aliphatic rings. The number of aromatic amines is 2. The van der Waals surface area contributed by atoms with Crippen molar-refractivity contribution in [1.29, 1.82) is 0 Å². The Bertz CT molecular complexity index is 547. The van der Waals surface area contributed by atoms with Crippen LogP contribution < -0.4 is 5.32 Å². The number of hydrogen-bond acceptors (Lipinski definition) is 2. The maximum absolute atomic E-state index is 4.44. The van der Waals surface area contributed by atoms with Crippen molar-refractivity contribution in [3.63, 3.8) is 0 Å². The molecule has 0 radical (unpaired) electrons. The highest BCUT2D eigenvalue weighted by molar-refractivity contribution is 5.77. The van der Waals surface area contributed by atoms with Gasteiger partial charge >= 0.3 is 0 Å². The molecule has 0 fully saturated rings. The Morgan fingerprint density at radius 1 is 1.19 bits per heavy atom. The highest BCUT2D eigenvalue weighted by Gasteiger charge is 2.00. The minimum atomic E-state index is 0.767. The van der Waals surface area contributed by atoms with Crippen molar-refractivity contribution in [3.8, 4) is 0 Å². The first-order valence-corrected chi connectivity index (χ1v) is 5.22. The summed E-state index contributed by atoms with van der Waals surface area (Å²) in [5.41, 5.74) is 3.25. The van der Waals surface area contributed by atoms with Crippen molar-refractivity contribution in [2.24, 2.45) is 0 Å². The smallest absolute Gasteiger partial charge is 0.201 e. The van der Waals surface area contributed by atoms with Gasteiger partial charge in [-0.05, 0) is 23.8 Å². The van der Waals surface area contributed by atoms with E-state index in [9.17, 15) is 0 Å². The molecule has 4 heteroatoms. The zero-order valence-corrected chi connectivity index (χ0v) is 8.70. The Morgan fingerprint density at radius 3 is 2.94 bits per heavy atom. The molecule has 0 saturated carbocycles. The lowest BCUT2D eigenvalue weighted by molar-refractivity contribution is 1.10. The van der Waals surface area contributed by atoms with Gasteiger partial charge in [0.15, 0.2) is 0 Å².